The highest BCUT2D eigenvalue weighted by Crippen LogP contribution is 2.45. The molecule has 0 saturated carbocycles. The van der Waals surface area contributed by atoms with Crippen molar-refractivity contribution in [2.45, 2.75) is 23.9 Å². The number of fused-ring (bicyclic) bond motifs is 1. The monoisotopic (exact) mass is 590 g/mol. The van der Waals surface area contributed by atoms with E-state index in [4.69, 9.17) is 17.0 Å². The molecule has 1 fully saturated rings. The number of aromatic nitrogens is 2. The molecule has 0 spiro atoms. The Hall–Kier alpha value is -3.38. The molecule has 2 aliphatic rings. The molecule has 2 atom stereocenters. The van der Waals surface area contributed by atoms with Crippen molar-refractivity contribution < 1.29 is 14.3 Å². The van der Waals surface area contributed by atoms with Crippen molar-refractivity contribution in [2.24, 2.45) is 0 Å². The van der Waals surface area contributed by atoms with Crippen molar-refractivity contribution in [3.8, 4) is 0 Å². The van der Waals surface area contributed by atoms with Gasteiger partial charge >= 0.3 is 0 Å². The molecular weight excluding hydrogens is 569 g/mol. The molecule has 2 aromatic carbocycles. The van der Waals surface area contributed by atoms with E-state index in [1.807, 2.05) is 78.2 Å². The zero-order valence-corrected chi connectivity index (χ0v) is 23.7. The molecule has 2 aromatic heterocycles. The van der Waals surface area contributed by atoms with Crippen LogP contribution < -0.4 is 5.32 Å². The number of carbonyl (C=O) groups excluding carboxylic acids is 2. The first-order chi connectivity index (χ1) is 19.1. The van der Waals surface area contributed by atoms with Crippen LogP contribution in [0.2, 0.25) is 0 Å². The van der Waals surface area contributed by atoms with Gasteiger partial charge in [0.1, 0.15) is 33.7 Å². The summed E-state index contributed by atoms with van der Waals surface area (Å²) in [5.41, 5.74) is 4.87. The minimum Gasteiger partial charge on any atom is -0.469 e. The topological polar surface area (TPSA) is 84.4 Å². The number of thiocarbonyl (C=S) groups is 1. The van der Waals surface area contributed by atoms with Gasteiger partial charge in [-0.2, -0.15) is 0 Å². The van der Waals surface area contributed by atoms with Crippen molar-refractivity contribution in [2.75, 3.05) is 5.75 Å². The van der Waals surface area contributed by atoms with Crippen molar-refractivity contribution in [1.29, 1.82) is 0 Å². The second-order valence-electron chi connectivity index (χ2n) is 8.89. The van der Waals surface area contributed by atoms with Gasteiger partial charge in [-0.3, -0.25) is 14.5 Å². The Balaban J connectivity index is 1.29. The Bertz CT molecular complexity index is 1470. The summed E-state index contributed by atoms with van der Waals surface area (Å²) in [6, 6.07) is 22.9. The van der Waals surface area contributed by atoms with Gasteiger partial charge in [0.15, 0.2) is 0 Å². The molecule has 11 heteroatoms. The summed E-state index contributed by atoms with van der Waals surface area (Å²) in [5, 5.41) is 13.7. The predicted molar refractivity (Wildman–Crippen MR) is 158 cm³/mol. The molecule has 0 aliphatic carbocycles. The van der Waals surface area contributed by atoms with Crippen LogP contribution in [0, 0.1) is 0 Å². The predicted octanol–water partition coefficient (Wildman–Crippen LogP) is 5.09. The lowest BCUT2D eigenvalue weighted by Gasteiger charge is -2.50. The molecule has 39 heavy (non-hydrogen) atoms. The normalized spacial score (nSPS) is 18.5. The van der Waals surface area contributed by atoms with Gasteiger partial charge in [-0.15, -0.1) is 44.6 Å². The summed E-state index contributed by atoms with van der Waals surface area (Å²) in [6.45, 7) is 0. The number of ether oxygens (including phenoxy) is 1. The highest BCUT2D eigenvalue weighted by atomic mass is 32.2. The number of nitrogens with zero attached hydrogens (tertiary/aromatic N) is 3. The minimum absolute atomic E-state index is 0.177. The highest BCUT2D eigenvalue weighted by Gasteiger charge is 2.54. The summed E-state index contributed by atoms with van der Waals surface area (Å²) in [7, 11) is 0. The average Bonchev–Trinajstić information content (AvgIpc) is 3.70. The van der Waals surface area contributed by atoms with Gasteiger partial charge in [-0.1, -0.05) is 66.7 Å². The highest BCUT2D eigenvalue weighted by molar-refractivity contribution is 8.00. The first-order valence-electron chi connectivity index (χ1n) is 12.2. The number of β-lactam (4-membered cyclic amide) rings is 1. The quantitative estimate of drug-likeness (QED) is 0.226. The number of thiophene rings is 1. The molecule has 0 unspecified atom stereocenters. The Morgan fingerprint density at radius 1 is 1.05 bits per heavy atom. The third kappa shape index (κ3) is 5.27. The van der Waals surface area contributed by atoms with E-state index < -0.39 is 12.1 Å². The summed E-state index contributed by atoms with van der Waals surface area (Å²) >= 11 is 10.4. The number of thioether (sulfide) groups is 1. The number of hydrogen-bond donors (Lipinski definition) is 1. The second kappa shape index (κ2) is 11.4. The van der Waals surface area contributed by atoms with Crippen LogP contribution in [-0.4, -0.2) is 49.1 Å². The van der Waals surface area contributed by atoms with Gasteiger partial charge in [-0.05, 0) is 34.8 Å². The Kier molecular flexibility index (Phi) is 7.55. The number of rotatable bonds is 8. The summed E-state index contributed by atoms with van der Waals surface area (Å²) < 4.78 is 6.52. The van der Waals surface area contributed by atoms with E-state index in [9.17, 15) is 9.59 Å². The van der Waals surface area contributed by atoms with Crippen molar-refractivity contribution in [3.05, 3.63) is 110 Å². The van der Waals surface area contributed by atoms with Crippen LogP contribution in [0.3, 0.4) is 0 Å². The maximum absolute atomic E-state index is 13.5. The average molecular weight is 591 g/mol. The smallest absolute Gasteiger partial charge is 0.253 e. The second-order valence-corrected chi connectivity index (χ2v) is 12.2. The van der Waals surface area contributed by atoms with Crippen LogP contribution in [0.4, 0.5) is 0 Å². The Morgan fingerprint density at radius 2 is 1.77 bits per heavy atom. The fourth-order valence-electron chi connectivity index (χ4n) is 4.62. The van der Waals surface area contributed by atoms with E-state index in [0.717, 1.165) is 21.6 Å². The lowest BCUT2D eigenvalue weighted by molar-refractivity contribution is -0.145. The van der Waals surface area contributed by atoms with Crippen LogP contribution in [0.5, 0.6) is 0 Å². The van der Waals surface area contributed by atoms with Crippen LogP contribution >= 0.6 is 46.7 Å². The van der Waals surface area contributed by atoms with Crippen molar-refractivity contribution in [1.82, 2.24) is 20.4 Å². The van der Waals surface area contributed by atoms with Crippen LogP contribution in [0.25, 0.3) is 5.57 Å². The van der Waals surface area contributed by atoms with Gasteiger partial charge in [0.25, 0.3) is 5.91 Å². The summed E-state index contributed by atoms with van der Waals surface area (Å²) in [4.78, 5) is 28.8. The molecule has 0 radical (unpaired) electrons. The van der Waals surface area contributed by atoms with E-state index >= 15 is 0 Å². The molecule has 7 nitrogen and oxygen atoms in total. The maximum Gasteiger partial charge on any atom is 0.253 e. The largest absolute Gasteiger partial charge is 0.469 e. The third-order valence-corrected chi connectivity index (χ3v) is 9.64. The van der Waals surface area contributed by atoms with E-state index in [0.29, 0.717) is 16.5 Å². The Labute approximate surface area is 242 Å². The van der Waals surface area contributed by atoms with E-state index in [1.165, 1.54) is 22.7 Å². The molecule has 0 bridgehead atoms. The third-order valence-electron chi connectivity index (χ3n) is 6.44. The number of nitrogens with one attached hydrogen (secondary N) is 1. The number of hydrogen-bond acceptors (Lipinski definition) is 9. The molecule has 4 heterocycles. The van der Waals surface area contributed by atoms with Gasteiger partial charge in [0.05, 0.1) is 6.42 Å². The van der Waals surface area contributed by atoms with Gasteiger partial charge < -0.3 is 10.1 Å². The zero-order valence-electron chi connectivity index (χ0n) is 20.4. The van der Waals surface area contributed by atoms with E-state index in [2.05, 4.69) is 15.5 Å². The lowest BCUT2D eigenvalue weighted by Crippen LogP contribution is -2.70. The Morgan fingerprint density at radius 3 is 2.38 bits per heavy atom. The molecule has 1 saturated heterocycles. The molecule has 2 amide bonds. The molecule has 2 aliphatic heterocycles. The van der Waals surface area contributed by atoms with Gasteiger partial charge in [-0.25, -0.2) is 0 Å². The van der Waals surface area contributed by atoms with E-state index in [1.54, 1.807) is 22.2 Å². The molecule has 196 valence electrons. The van der Waals surface area contributed by atoms with Crippen LogP contribution in [0.1, 0.15) is 27.1 Å². The summed E-state index contributed by atoms with van der Waals surface area (Å²) in [6.07, 6.45) is -0.219. The molecule has 4 aromatic rings. The summed E-state index contributed by atoms with van der Waals surface area (Å²) in [5.74, 6) is 0.162. The fourth-order valence-corrected chi connectivity index (χ4v) is 7.68. The molecular formula is C28H22N4O3S4. The molecule has 6 rings (SSSR count). The van der Waals surface area contributed by atoms with Crippen molar-refractivity contribution >= 4 is 69.1 Å². The van der Waals surface area contributed by atoms with Gasteiger partial charge in [0, 0.05) is 16.2 Å². The van der Waals surface area contributed by atoms with Crippen molar-refractivity contribution in [3.63, 3.8) is 0 Å². The fraction of sp³-hybridized carbons (Fsp3) is 0.179. The standard InChI is InChI=1S/C28H22N4O3S4/c33-21(14-19-12-7-13-37-19)30-22-26(34)32-23(20(15-38-27(22)32)25-31-29-16-39-25)28(36)35-24(17-8-3-1-4-9-17)18-10-5-2-6-11-18/h1-13,16,22,24,27H,14-15H2,(H,30,33)/t22-,27-/m1/s1. The maximum atomic E-state index is 13.5. The molecule has 1 N–H and O–H groups in total. The minimum atomic E-state index is -0.629. The number of carbonyl (C=O) groups is 2. The number of benzene rings is 2. The van der Waals surface area contributed by atoms with Crippen LogP contribution in [-0.2, 0) is 20.7 Å². The SMILES string of the molecule is O=C(Cc1cccs1)N[C@@H]1C(=O)N2C(C(=S)OC(c3ccccc3)c3ccccc3)=C(c3nncs3)CS[C@H]12. The first kappa shape index (κ1) is 25.9. The zero-order chi connectivity index (χ0) is 26.8. The van der Waals surface area contributed by atoms with Gasteiger partial charge in [0.2, 0.25) is 11.0 Å². The first-order valence-corrected chi connectivity index (χ1v) is 15.4. The number of amides is 2. The van der Waals surface area contributed by atoms with Crippen LogP contribution in [0.15, 0.2) is 89.4 Å². The van der Waals surface area contributed by atoms with E-state index in [-0.39, 0.29) is 28.7 Å². The lowest BCUT2D eigenvalue weighted by atomic mass is 10.0.